The first-order chi connectivity index (χ1) is 8.25. The van der Waals surface area contributed by atoms with Crippen molar-refractivity contribution in [2.24, 2.45) is 5.92 Å². The van der Waals surface area contributed by atoms with Crippen LogP contribution in [0.4, 0.5) is 0 Å². The fourth-order valence-electron chi connectivity index (χ4n) is 2.31. The lowest BCUT2D eigenvalue weighted by molar-refractivity contribution is 0.0938. The summed E-state index contributed by atoms with van der Waals surface area (Å²) >= 11 is 5.19. The molecule has 1 aliphatic rings. The lowest BCUT2D eigenvalue weighted by atomic mass is 9.81. The third-order valence-electron chi connectivity index (χ3n) is 3.55. The lowest BCUT2D eigenvalue weighted by Crippen LogP contribution is -2.15. The number of carbonyl (C=O) groups excluding carboxylic acids is 1. The van der Waals surface area contributed by atoms with Crippen LogP contribution in [0, 0.1) is 5.92 Å². The Morgan fingerprint density at radius 2 is 2.24 bits per heavy atom. The van der Waals surface area contributed by atoms with Gasteiger partial charge in [0.25, 0.3) is 0 Å². The van der Waals surface area contributed by atoms with Gasteiger partial charge in [-0.2, -0.15) is 0 Å². The molecule has 0 amide bonds. The summed E-state index contributed by atoms with van der Waals surface area (Å²) in [5.41, 5.74) is 0.915. The number of benzene rings is 1. The molecule has 3 rings (SSSR count). The van der Waals surface area contributed by atoms with Crippen LogP contribution in [0.25, 0.3) is 10.1 Å². The number of Topliss-reactive ketones (excluding diaryl/α,β-unsaturated/α-hetero) is 1. The van der Waals surface area contributed by atoms with Crippen LogP contribution in [0.15, 0.2) is 28.1 Å². The number of hydrogen-bond acceptors (Lipinski definition) is 2. The smallest absolute Gasteiger partial charge is 0.164 e. The van der Waals surface area contributed by atoms with E-state index in [1.54, 1.807) is 11.3 Å². The summed E-state index contributed by atoms with van der Waals surface area (Å²) in [6.07, 6.45) is 4.50. The molecule has 1 nitrogen and oxygen atoms in total. The molecule has 0 atom stereocenters. The molecule has 1 fully saturated rings. The monoisotopic (exact) mass is 308 g/mol. The molecule has 88 valence electrons. The molecule has 0 aliphatic heterocycles. The molecule has 1 heterocycles. The maximum atomic E-state index is 12.2. The fourth-order valence-corrected chi connectivity index (χ4v) is 3.93. The van der Waals surface area contributed by atoms with Crippen LogP contribution in [-0.2, 0) is 0 Å². The van der Waals surface area contributed by atoms with Gasteiger partial charge >= 0.3 is 0 Å². The average Bonchev–Trinajstić information content (AvgIpc) is 2.68. The van der Waals surface area contributed by atoms with Crippen molar-refractivity contribution in [1.82, 2.24) is 0 Å². The van der Waals surface area contributed by atoms with Gasteiger partial charge in [0.05, 0.1) is 0 Å². The molecule has 0 radical (unpaired) electrons. The Hall–Kier alpha value is -0.670. The van der Waals surface area contributed by atoms with E-state index in [9.17, 15) is 4.79 Å². The van der Waals surface area contributed by atoms with Gasteiger partial charge in [0, 0.05) is 31.9 Å². The van der Waals surface area contributed by atoms with Crippen LogP contribution in [0.5, 0.6) is 0 Å². The minimum absolute atomic E-state index is 0.319. The van der Waals surface area contributed by atoms with Crippen molar-refractivity contribution in [2.75, 3.05) is 0 Å². The van der Waals surface area contributed by atoms with E-state index in [1.165, 1.54) is 24.0 Å². The molecule has 1 aromatic carbocycles. The topological polar surface area (TPSA) is 17.1 Å². The zero-order valence-corrected chi connectivity index (χ0v) is 11.8. The van der Waals surface area contributed by atoms with Gasteiger partial charge in [-0.05, 0) is 27.9 Å². The molecule has 2 aromatic rings. The van der Waals surface area contributed by atoms with Crippen LogP contribution in [0.2, 0.25) is 0 Å². The third-order valence-corrected chi connectivity index (χ3v) is 5.50. The van der Waals surface area contributed by atoms with E-state index >= 15 is 0 Å². The van der Waals surface area contributed by atoms with Crippen molar-refractivity contribution in [2.45, 2.75) is 25.7 Å². The first-order valence-corrected chi connectivity index (χ1v) is 7.62. The van der Waals surface area contributed by atoms with Gasteiger partial charge < -0.3 is 0 Å². The van der Waals surface area contributed by atoms with E-state index in [2.05, 4.69) is 15.9 Å². The highest BCUT2D eigenvalue weighted by molar-refractivity contribution is 9.10. The lowest BCUT2D eigenvalue weighted by Gasteiger charge is -2.24. The Labute approximate surface area is 113 Å². The zero-order chi connectivity index (χ0) is 11.8. The Morgan fingerprint density at radius 1 is 1.41 bits per heavy atom. The number of ketones is 1. The molecule has 1 aromatic heterocycles. The summed E-state index contributed by atoms with van der Waals surface area (Å²) < 4.78 is 2.27. The normalized spacial score (nSPS) is 16.1. The summed E-state index contributed by atoms with van der Waals surface area (Å²) in [6, 6.07) is 6.07. The van der Waals surface area contributed by atoms with Gasteiger partial charge in [0.1, 0.15) is 0 Å². The second-order valence-corrected chi connectivity index (χ2v) is 6.42. The Bertz CT molecular complexity index is 569. The highest BCUT2D eigenvalue weighted by atomic mass is 79.9. The zero-order valence-electron chi connectivity index (χ0n) is 9.41. The van der Waals surface area contributed by atoms with Crippen LogP contribution in [0.1, 0.15) is 36.0 Å². The molecule has 0 bridgehead atoms. The molecule has 1 saturated carbocycles. The second kappa shape index (κ2) is 4.54. The standard InChI is InChI=1S/C14H13BrOS/c15-12-6-2-5-10-11(8-17-14(10)12)13(16)7-9-3-1-4-9/h2,5-6,8-9H,1,3-4,7H2. The van der Waals surface area contributed by atoms with E-state index in [-0.39, 0.29) is 0 Å². The molecular formula is C14H13BrOS. The summed E-state index contributed by atoms with van der Waals surface area (Å²) in [5.74, 6) is 0.962. The van der Waals surface area contributed by atoms with Crippen LogP contribution in [0.3, 0.4) is 0 Å². The van der Waals surface area contributed by atoms with E-state index < -0.39 is 0 Å². The number of fused-ring (bicyclic) bond motifs is 1. The number of thiophene rings is 1. The van der Waals surface area contributed by atoms with Crippen molar-refractivity contribution in [3.63, 3.8) is 0 Å². The fraction of sp³-hybridized carbons (Fsp3) is 0.357. The molecular weight excluding hydrogens is 296 g/mol. The van der Waals surface area contributed by atoms with Gasteiger partial charge in [-0.1, -0.05) is 31.4 Å². The first kappa shape index (κ1) is 11.4. The highest BCUT2D eigenvalue weighted by Crippen LogP contribution is 2.35. The van der Waals surface area contributed by atoms with E-state index in [0.717, 1.165) is 21.8 Å². The van der Waals surface area contributed by atoms with Gasteiger partial charge in [-0.3, -0.25) is 4.79 Å². The first-order valence-electron chi connectivity index (χ1n) is 5.94. The Morgan fingerprint density at radius 3 is 2.94 bits per heavy atom. The number of halogens is 1. The van der Waals surface area contributed by atoms with Crippen molar-refractivity contribution in [3.05, 3.63) is 33.6 Å². The van der Waals surface area contributed by atoms with Gasteiger partial charge in [0.2, 0.25) is 0 Å². The van der Waals surface area contributed by atoms with Crippen molar-refractivity contribution in [1.29, 1.82) is 0 Å². The summed E-state index contributed by atoms with van der Waals surface area (Å²) in [6.45, 7) is 0. The van der Waals surface area contributed by atoms with Crippen LogP contribution in [-0.4, -0.2) is 5.78 Å². The maximum absolute atomic E-state index is 12.2. The van der Waals surface area contributed by atoms with Gasteiger partial charge in [0.15, 0.2) is 5.78 Å². The number of rotatable bonds is 3. The molecule has 0 saturated heterocycles. The summed E-state index contributed by atoms with van der Waals surface area (Å²) in [7, 11) is 0. The molecule has 0 unspecified atom stereocenters. The minimum atomic E-state index is 0.319. The average molecular weight is 309 g/mol. The van der Waals surface area contributed by atoms with Crippen LogP contribution >= 0.6 is 27.3 Å². The highest BCUT2D eigenvalue weighted by Gasteiger charge is 2.22. The quantitative estimate of drug-likeness (QED) is 0.726. The molecule has 0 N–H and O–H groups in total. The number of carbonyl (C=O) groups is 1. The molecule has 0 spiro atoms. The maximum Gasteiger partial charge on any atom is 0.164 e. The second-order valence-electron chi connectivity index (χ2n) is 4.69. The number of hydrogen-bond donors (Lipinski definition) is 0. The van der Waals surface area contributed by atoms with Crippen molar-refractivity contribution in [3.8, 4) is 0 Å². The van der Waals surface area contributed by atoms with Gasteiger partial charge in [-0.15, -0.1) is 11.3 Å². The minimum Gasteiger partial charge on any atom is -0.294 e. The molecule has 3 heteroatoms. The summed E-state index contributed by atoms with van der Waals surface area (Å²) in [4.78, 5) is 12.2. The SMILES string of the molecule is O=C(CC1CCC1)c1csc2c(Br)cccc12. The van der Waals surface area contributed by atoms with E-state index in [1.807, 2.05) is 23.6 Å². The van der Waals surface area contributed by atoms with Crippen molar-refractivity contribution < 1.29 is 4.79 Å². The van der Waals surface area contributed by atoms with Crippen LogP contribution < -0.4 is 0 Å². The Kier molecular flexibility index (Phi) is 3.05. The van der Waals surface area contributed by atoms with Crippen molar-refractivity contribution >= 4 is 43.1 Å². The van der Waals surface area contributed by atoms with Gasteiger partial charge in [-0.25, -0.2) is 0 Å². The van der Waals surface area contributed by atoms with E-state index in [4.69, 9.17) is 0 Å². The summed E-state index contributed by atoms with van der Waals surface area (Å²) in [5, 5.41) is 3.12. The largest absolute Gasteiger partial charge is 0.294 e. The predicted molar refractivity (Wildman–Crippen MR) is 75.8 cm³/mol. The Balaban J connectivity index is 1.94. The molecule has 1 aliphatic carbocycles. The predicted octanol–water partition coefficient (Wildman–Crippen LogP) is 5.04. The third kappa shape index (κ3) is 2.06. The molecule has 17 heavy (non-hydrogen) atoms. The van der Waals surface area contributed by atoms with E-state index in [0.29, 0.717) is 11.7 Å².